The highest BCUT2D eigenvalue weighted by atomic mass is 16.5. The van der Waals surface area contributed by atoms with Gasteiger partial charge in [-0.2, -0.15) is 0 Å². The summed E-state index contributed by atoms with van der Waals surface area (Å²) in [5.74, 6) is 0.686. The molecule has 0 saturated heterocycles. The summed E-state index contributed by atoms with van der Waals surface area (Å²) in [6.07, 6.45) is 8.55. The van der Waals surface area contributed by atoms with Crippen LogP contribution < -0.4 is 0 Å². The van der Waals surface area contributed by atoms with E-state index in [-0.39, 0.29) is 5.41 Å². The van der Waals surface area contributed by atoms with Crippen molar-refractivity contribution in [2.24, 2.45) is 10.4 Å². The lowest BCUT2D eigenvalue weighted by molar-refractivity contribution is 0.400. The van der Waals surface area contributed by atoms with Gasteiger partial charge in [0, 0.05) is 13.1 Å². The molecule has 0 amide bonds. The Morgan fingerprint density at radius 1 is 1.31 bits per heavy atom. The number of aliphatic imine (C=N–C) groups is 1. The summed E-state index contributed by atoms with van der Waals surface area (Å²) in [4.78, 5) is 4.27. The van der Waals surface area contributed by atoms with Gasteiger partial charge in [0.25, 0.3) is 0 Å². The van der Waals surface area contributed by atoms with E-state index in [9.17, 15) is 0 Å². The second-order valence-corrected chi connectivity index (χ2v) is 4.88. The molecular weight excluding hydrogens is 198 g/mol. The van der Waals surface area contributed by atoms with Gasteiger partial charge in [0.1, 0.15) is 0 Å². The minimum absolute atomic E-state index is 0.113. The minimum atomic E-state index is 0.113. The third kappa shape index (κ3) is 6.44. The van der Waals surface area contributed by atoms with Crippen LogP contribution in [0.15, 0.2) is 28.9 Å². The second kappa shape index (κ2) is 7.26. The summed E-state index contributed by atoms with van der Waals surface area (Å²) in [5.41, 5.74) is 1.33. The molecule has 0 aromatic heterocycles. The van der Waals surface area contributed by atoms with E-state index in [4.69, 9.17) is 4.74 Å². The summed E-state index contributed by atoms with van der Waals surface area (Å²) < 4.78 is 5.02. The standard InChI is InChI=1S/C14H25NO/c1-7-8-9-10-13(14(3,4)5)11-15-12(2)16-6/h9-11H,7-8H2,1-6H3/b10-9+,13-11+,15-12?. The normalized spacial score (nSPS) is 14.6. The average Bonchev–Trinajstić information content (AvgIpc) is 2.20. The maximum absolute atomic E-state index is 5.02. The zero-order valence-corrected chi connectivity index (χ0v) is 11.5. The van der Waals surface area contributed by atoms with Crippen molar-refractivity contribution in [1.29, 1.82) is 0 Å². The molecule has 0 fully saturated rings. The molecule has 0 rings (SSSR count). The Bertz CT molecular complexity index is 280. The fraction of sp³-hybridized carbons (Fsp3) is 0.643. The lowest BCUT2D eigenvalue weighted by Crippen LogP contribution is -2.07. The van der Waals surface area contributed by atoms with E-state index in [1.165, 1.54) is 12.0 Å². The number of hydrogen-bond acceptors (Lipinski definition) is 2. The summed E-state index contributed by atoms with van der Waals surface area (Å²) in [6.45, 7) is 10.6. The van der Waals surface area contributed by atoms with Crippen molar-refractivity contribution in [3.05, 3.63) is 23.9 Å². The molecule has 0 aliphatic carbocycles. The largest absolute Gasteiger partial charge is 0.484 e. The van der Waals surface area contributed by atoms with Gasteiger partial charge in [-0.15, -0.1) is 0 Å². The molecule has 0 heterocycles. The molecule has 0 bridgehead atoms. The Balaban J connectivity index is 4.82. The van der Waals surface area contributed by atoms with E-state index in [0.717, 1.165) is 6.42 Å². The quantitative estimate of drug-likeness (QED) is 0.395. The summed E-state index contributed by atoms with van der Waals surface area (Å²) in [6, 6.07) is 0. The van der Waals surface area contributed by atoms with Gasteiger partial charge in [-0.1, -0.05) is 46.3 Å². The van der Waals surface area contributed by atoms with E-state index in [0.29, 0.717) is 5.90 Å². The van der Waals surface area contributed by atoms with Gasteiger partial charge in [0.05, 0.1) is 7.11 Å². The van der Waals surface area contributed by atoms with Crippen LogP contribution in [0.25, 0.3) is 0 Å². The molecule has 0 atom stereocenters. The first-order chi connectivity index (χ1) is 7.41. The lowest BCUT2D eigenvalue weighted by Gasteiger charge is -2.19. The fourth-order valence-electron chi connectivity index (χ4n) is 1.08. The van der Waals surface area contributed by atoms with Gasteiger partial charge in [0.15, 0.2) is 5.90 Å². The van der Waals surface area contributed by atoms with Crippen molar-refractivity contribution in [1.82, 2.24) is 0 Å². The molecular formula is C14H25NO. The van der Waals surface area contributed by atoms with Crippen LogP contribution in [0.5, 0.6) is 0 Å². The van der Waals surface area contributed by atoms with Crippen LogP contribution in [0.4, 0.5) is 0 Å². The van der Waals surface area contributed by atoms with Crippen LogP contribution in [-0.4, -0.2) is 13.0 Å². The molecule has 0 spiro atoms. The van der Waals surface area contributed by atoms with Gasteiger partial charge in [0.2, 0.25) is 0 Å². The average molecular weight is 223 g/mol. The molecule has 0 saturated carbocycles. The monoisotopic (exact) mass is 223 g/mol. The SMILES string of the molecule is CCC/C=C/C(=C\N=C(C)OC)C(C)(C)C. The zero-order valence-electron chi connectivity index (χ0n) is 11.5. The number of allylic oxidation sites excluding steroid dienone is 3. The van der Waals surface area contributed by atoms with Crippen LogP contribution >= 0.6 is 0 Å². The number of ether oxygens (including phenoxy) is 1. The summed E-state index contributed by atoms with van der Waals surface area (Å²) in [5, 5.41) is 0. The van der Waals surface area contributed by atoms with Crippen molar-refractivity contribution in [2.75, 3.05) is 7.11 Å². The molecule has 0 N–H and O–H groups in total. The maximum Gasteiger partial charge on any atom is 0.184 e. The molecule has 2 nitrogen and oxygen atoms in total. The highest BCUT2D eigenvalue weighted by Crippen LogP contribution is 2.26. The highest BCUT2D eigenvalue weighted by molar-refractivity contribution is 5.73. The minimum Gasteiger partial charge on any atom is -0.484 e. The fourth-order valence-corrected chi connectivity index (χ4v) is 1.08. The van der Waals surface area contributed by atoms with Crippen LogP contribution in [-0.2, 0) is 4.74 Å². The number of unbranched alkanes of at least 4 members (excludes halogenated alkanes) is 1. The Morgan fingerprint density at radius 2 is 1.94 bits per heavy atom. The van der Waals surface area contributed by atoms with Crippen molar-refractivity contribution < 1.29 is 4.74 Å². The Labute approximate surface area is 100 Å². The molecule has 0 aromatic carbocycles. The van der Waals surface area contributed by atoms with E-state index >= 15 is 0 Å². The number of nitrogens with zero attached hydrogens (tertiary/aromatic N) is 1. The van der Waals surface area contributed by atoms with Crippen molar-refractivity contribution in [3.63, 3.8) is 0 Å². The van der Waals surface area contributed by atoms with E-state index in [2.05, 4.69) is 44.8 Å². The van der Waals surface area contributed by atoms with Gasteiger partial charge in [-0.25, -0.2) is 4.99 Å². The van der Waals surface area contributed by atoms with Crippen LogP contribution in [0.3, 0.4) is 0 Å². The molecule has 92 valence electrons. The van der Waals surface area contributed by atoms with Crippen molar-refractivity contribution >= 4 is 5.90 Å². The lowest BCUT2D eigenvalue weighted by atomic mass is 9.86. The zero-order chi connectivity index (χ0) is 12.6. The van der Waals surface area contributed by atoms with E-state index in [1.807, 2.05) is 13.1 Å². The Kier molecular flexibility index (Phi) is 6.78. The third-order valence-corrected chi connectivity index (χ3v) is 2.30. The molecule has 2 heteroatoms. The molecule has 0 radical (unpaired) electrons. The summed E-state index contributed by atoms with van der Waals surface area (Å²) in [7, 11) is 1.64. The van der Waals surface area contributed by atoms with Gasteiger partial charge in [-0.05, 0) is 17.4 Å². The molecule has 0 unspecified atom stereocenters. The molecule has 16 heavy (non-hydrogen) atoms. The third-order valence-electron chi connectivity index (χ3n) is 2.30. The summed E-state index contributed by atoms with van der Waals surface area (Å²) >= 11 is 0. The van der Waals surface area contributed by atoms with Gasteiger partial charge in [-0.3, -0.25) is 0 Å². The highest BCUT2D eigenvalue weighted by Gasteiger charge is 2.14. The van der Waals surface area contributed by atoms with Gasteiger partial charge >= 0.3 is 0 Å². The maximum atomic E-state index is 5.02. The number of hydrogen-bond donors (Lipinski definition) is 0. The van der Waals surface area contributed by atoms with Crippen LogP contribution in [0.1, 0.15) is 47.5 Å². The first-order valence-electron chi connectivity index (χ1n) is 5.87. The van der Waals surface area contributed by atoms with Crippen LogP contribution in [0, 0.1) is 5.41 Å². The molecule has 0 aliphatic heterocycles. The second-order valence-electron chi connectivity index (χ2n) is 4.88. The van der Waals surface area contributed by atoms with E-state index < -0.39 is 0 Å². The van der Waals surface area contributed by atoms with E-state index in [1.54, 1.807) is 7.11 Å². The van der Waals surface area contributed by atoms with Crippen LogP contribution in [0.2, 0.25) is 0 Å². The van der Waals surface area contributed by atoms with Crippen molar-refractivity contribution in [3.8, 4) is 0 Å². The Morgan fingerprint density at radius 3 is 2.38 bits per heavy atom. The Hall–Kier alpha value is -1.05. The predicted octanol–water partition coefficient (Wildman–Crippen LogP) is 4.34. The number of rotatable bonds is 4. The first kappa shape index (κ1) is 14.9. The molecule has 0 aliphatic rings. The smallest absolute Gasteiger partial charge is 0.184 e. The first-order valence-corrected chi connectivity index (χ1v) is 5.87. The topological polar surface area (TPSA) is 21.6 Å². The number of methoxy groups -OCH3 is 1. The van der Waals surface area contributed by atoms with Crippen molar-refractivity contribution in [2.45, 2.75) is 47.5 Å². The van der Waals surface area contributed by atoms with Gasteiger partial charge < -0.3 is 4.74 Å². The molecule has 0 aromatic rings. The predicted molar refractivity (Wildman–Crippen MR) is 71.7 cm³/mol.